The van der Waals surface area contributed by atoms with Crippen molar-refractivity contribution in [3.63, 3.8) is 0 Å². The van der Waals surface area contributed by atoms with Crippen LogP contribution in [0.25, 0.3) is 27.9 Å². The van der Waals surface area contributed by atoms with Crippen LogP contribution in [0.15, 0.2) is 42.5 Å². The molecular formula is C23H21ClN4O4. The third kappa shape index (κ3) is 3.51. The SMILES string of the molecule is COc1ccc(-n2c(N)c(C(=O)OC[C@H]3CCCO3)c3nc4ccccc4nc32)cc1Cl. The summed E-state index contributed by atoms with van der Waals surface area (Å²) in [6.07, 6.45) is 1.72. The number of hydrogen-bond donors (Lipinski definition) is 1. The Balaban J connectivity index is 1.67. The van der Waals surface area contributed by atoms with E-state index in [4.69, 9.17) is 36.5 Å². The molecule has 32 heavy (non-hydrogen) atoms. The number of hydrogen-bond acceptors (Lipinski definition) is 7. The summed E-state index contributed by atoms with van der Waals surface area (Å²) in [5, 5.41) is 0.405. The number of fused-ring (bicyclic) bond motifs is 2. The Morgan fingerprint density at radius 1 is 1.25 bits per heavy atom. The molecule has 1 atom stereocenters. The molecule has 0 saturated carbocycles. The molecule has 8 nitrogen and oxygen atoms in total. The van der Waals surface area contributed by atoms with Gasteiger partial charge in [0.05, 0.1) is 35.0 Å². The van der Waals surface area contributed by atoms with Crippen molar-refractivity contribution in [2.24, 2.45) is 0 Å². The summed E-state index contributed by atoms with van der Waals surface area (Å²) in [5.74, 6) is 0.137. The summed E-state index contributed by atoms with van der Waals surface area (Å²) < 4.78 is 18.0. The summed E-state index contributed by atoms with van der Waals surface area (Å²) in [4.78, 5) is 22.5. The first-order valence-corrected chi connectivity index (χ1v) is 10.6. The number of rotatable bonds is 5. The minimum absolute atomic E-state index is 0.0965. The van der Waals surface area contributed by atoms with Gasteiger partial charge in [-0.1, -0.05) is 23.7 Å². The van der Waals surface area contributed by atoms with Crippen molar-refractivity contribution in [1.82, 2.24) is 14.5 Å². The zero-order chi connectivity index (χ0) is 22.2. The quantitative estimate of drug-likeness (QED) is 0.454. The molecule has 0 spiro atoms. The van der Waals surface area contributed by atoms with Crippen LogP contribution >= 0.6 is 11.6 Å². The van der Waals surface area contributed by atoms with Crippen molar-refractivity contribution in [1.29, 1.82) is 0 Å². The Morgan fingerprint density at radius 2 is 2.03 bits per heavy atom. The van der Waals surface area contributed by atoms with Crippen LogP contribution in [0.5, 0.6) is 5.75 Å². The van der Waals surface area contributed by atoms with Crippen LogP contribution in [0.1, 0.15) is 23.2 Å². The zero-order valence-electron chi connectivity index (χ0n) is 17.4. The molecule has 1 saturated heterocycles. The van der Waals surface area contributed by atoms with Crippen LogP contribution in [-0.4, -0.2) is 46.9 Å². The summed E-state index contributed by atoms with van der Waals surface area (Å²) in [7, 11) is 1.54. The molecule has 1 aliphatic heterocycles. The minimum atomic E-state index is -0.564. The molecule has 0 bridgehead atoms. The van der Waals surface area contributed by atoms with E-state index in [0.717, 1.165) is 12.8 Å². The number of esters is 1. The summed E-state index contributed by atoms with van der Waals surface area (Å²) in [6, 6.07) is 12.6. The van der Waals surface area contributed by atoms with Gasteiger partial charge in [0.15, 0.2) is 5.65 Å². The second kappa shape index (κ2) is 8.29. The molecule has 2 aromatic heterocycles. The molecule has 164 valence electrons. The topological polar surface area (TPSA) is 101 Å². The number of anilines is 1. The number of nitrogens with two attached hydrogens (primary N) is 1. The van der Waals surface area contributed by atoms with Crippen LogP contribution in [0.2, 0.25) is 5.02 Å². The predicted molar refractivity (Wildman–Crippen MR) is 122 cm³/mol. The number of aromatic nitrogens is 3. The van der Waals surface area contributed by atoms with E-state index in [2.05, 4.69) is 4.98 Å². The Hall–Kier alpha value is -3.36. The number of nitrogen functional groups attached to an aromatic ring is 1. The van der Waals surface area contributed by atoms with Gasteiger partial charge < -0.3 is 19.9 Å². The molecule has 1 fully saturated rings. The average Bonchev–Trinajstić information content (AvgIpc) is 3.41. The molecule has 2 aromatic carbocycles. The normalized spacial score (nSPS) is 16.0. The number of halogens is 1. The number of carbonyl (C=O) groups is 1. The van der Waals surface area contributed by atoms with Crippen molar-refractivity contribution < 1.29 is 19.0 Å². The molecule has 9 heteroatoms. The lowest BCUT2D eigenvalue weighted by Gasteiger charge is -2.11. The van der Waals surface area contributed by atoms with Gasteiger partial charge in [0, 0.05) is 6.61 Å². The van der Waals surface area contributed by atoms with Gasteiger partial charge in [0.2, 0.25) is 0 Å². The van der Waals surface area contributed by atoms with Gasteiger partial charge in [-0.2, -0.15) is 0 Å². The van der Waals surface area contributed by atoms with Crippen molar-refractivity contribution >= 4 is 45.6 Å². The van der Waals surface area contributed by atoms with Crippen molar-refractivity contribution in [3.8, 4) is 11.4 Å². The fraction of sp³-hybridized carbons (Fsp3) is 0.261. The van der Waals surface area contributed by atoms with Crippen LogP contribution < -0.4 is 10.5 Å². The van der Waals surface area contributed by atoms with Crippen LogP contribution in [0.4, 0.5) is 5.82 Å². The number of carbonyl (C=O) groups excluding carboxylic acids is 1. The highest BCUT2D eigenvalue weighted by Gasteiger charge is 2.27. The number of para-hydroxylation sites is 2. The zero-order valence-corrected chi connectivity index (χ0v) is 18.1. The lowest BCUT2D eigenvalue weighted by molar-refractivity contribution is 0.0163. The largest absolute Gasteiger partial charge is 0.495 e. The highest BCUT2D eigenvalue weighted by molar-refractivity contribution is 6.32. The molecule has 0 unspecified atom stereocenters. The molecule has 3 heterocycles. The van der Waals surface area contributed by atoms with Gasteiger partial charge >= 0.3 is 5.97 Å². The molecule has 0 amide bonds. The van der Waals surface area contributed by atoms with Gasteiger partial charge in [0.25, 0.3) is 0 Å². The smallest absolute Gasteiger partial charge is 0.344 e. The summed E-state index contributed by atoms with van der Waals surface area (Å²) in [5.41, 5.74) is 9.42. The second-order valence-electron chi connectivity index (χ2n) is 7.53. The standard InChI is InChI=1S/C23H21ClN4O4/c1-30-18-9-8-13(11-15(18)24)28-21(25)19(23(29)32-12-14-5-4-10-31-14)20-22(28)27-17-7-3-2-6-16(17)26-20/h2-3,6-9,11,14H,4-5,10,12,25H2,1H3/t14-/m1/s1. The monoisotopic (exact) mass is 452 g/mol. The lowest BCUT2D eigenvalue weighted by atomic mass is 10.2. The van der Waals surface area contributed by atoms with E-state index in [-0.39, 0.29) is 24.1 Å². The third-order valence-electron chi connectivity index (χ3n) is 5.52. The van der Waals surface area contributed by atoms with Crippen molar-refractivity contribution in [2.75, 3.05) is 26.1 Å². The first-order valence-electron chi connectivity index (χ1n) is 10.3. The van der Waals surface area contributed by atoms with Gasteiger partial charge in [-0.15, -0.1) is 0 Å². The van der Waals surface area contributed by atoms with Gasteiger partial charge in [-0.3, -0.25) is 4.57 Å². The van der Waals surface area contributed by atoms with Crippen molar-refractivity contribution in [3.05, 3.63) is 53.1 Å². The highest BCUT2D eigenvalue weighted by atomic mass is 35.5. The van der Waals surface area contributed by atoms with E-state index in [1.54, 1.807) is 29.9 Å². The third-order valence-corrected chi connectivity index (χ3v) is 5.82. The van der Waals surface area contributed by atoms with E-state index >= 15 is 0 Å². The second-order valence-corrected chi connectivity index (χ2v) is 7.94. The van der Waals surface area contributed by atoms with Crippen LogP contribution in [-0.2, 0) is 9.47 Å². The molecule has 4 aromatic rings. The maximum atomic E-state index is 13.1. The van der Waals surface area contributed by atoms with Gasteiger partial charge in [-0.25, -0.2) is 14.8 Å². The molecule has 5 rings (SSSR count). The number of ether oxygens (including phenoxy) is 3. The Labute approximate surface area is 188 Å². The fourth-order valence-corrected chi connectivity index (χ4v) is 4.19. The van der Waals surface area contributed by atoms with E-state index in [1.807, 2.05) is 24.3 Å². The molecule has 2 N–H and O–H groups in total. The Bertz CT molecular complexity index is 1330. The summed E-state index contributed by atoms with van der Waals surface area (Å²) in [6.45, 7) is 0.847. The highest BCUT2D eigenvalue weighted by Crippen LogP contribution is 2.34. The number of benzene rings is 2. The molecule has 1 aliphatic rings. The molecule has 0 radical (unpaired) electrons. The van der Waals surface area contributed by atoms with E-state index in [1.165, 1.54) is 0 Å². The van der Waals surface area contributed by atoms with Gasteiger partial charge in [0.1, 0.15) is 29.3 Å². The van der Waals surface area contributed by atoms with Crippen LogP contribution in [0.3, 0.4) is 0 Å². The molecule has 0 aliphatic carbocycles. The van der Waals surface area contributed by atoms with Gasteiger partial charge in [-0.05, 0) is 43.2 Å². The summed E-state index contributed by atoms with van der Waals surface area (Å²) >= 11 is 6.35. The lowest BCUT2D eigenvalue weighted by Crippen LogP contribution is -2.18. The number of nitrogens with zero attached hydrogens (tertiary/aromatic N) is 3. The first kappa shape index (κ1) is 20.5. The van der Waals surface area contributed by atoms with E-state index in [0.29, 0.717) is 45.3 Å². The first-order chi connectivity index (χ1) is 15.6. The predicted octanol–water partition coefficient (Wildman–Crippen LogP) is 4.15. The number of methoxy groups -OCH3 is 1. The van der Waals surface area contributed by atoms with E-state index < -0.39 is 5.97 Å². The van der Waals surface area contributed by atoms with Crippen molar-refractivity contribution in [2.45, 2.75) is 18.9 Å². The Morgan fingerprint density at radius 3 is 2.72 bits per heavy atom. The fourth-order valence-electron chi connectivity index (χ4n) is 3.94. The van der Waals surface area contributed by atoms with E-state index in [9.17, 15) is 4.79 Å². The van der Waals surface area contributed by atoms with Crippen LogP contribution in [0, 0.1) is 0 Å². The average molecular weight is 453 g/mol. The maximum absolute atomic E-state index is 13.1. The minimum Gasteiger partial charge on any atom is -0.495 e. The molecular weight excluding hydrogens is 432 g/mol. The Kier molecular flexibility index (Phi) is 5.32. The maximum Gasteiger partial charge on any atom is 0.344 e.